The van der Waals surface area contributed by atoms with Gasteiger partial charge in [0.05, 0.1) is 0 Å². The zero-order valence-electron chi connectivity index (χ0n) is 14.7. The summed E-state index contributed by atoms with van der Waals surface area (Å²) in [6.07, 6.45) is 1.75. The summed E-state index contributed by atoms with van der Waals surface area (Å²) in [7, 11) is 1.57. The quantitative estimate of drug-likeness (QED) is 0.602. The van der Waals surface area contributed by atoms with Gasteiger partial charge in [-0.25, -0.2) is 4.79 Å². The zero-order chi connectivity index (χ0) is 18.9. The van der Waals surface area contributed by atoms with Crippen LogP contribution in [0, 0.1) is 5.92 Å². The van der Waals surface area contributed by atoms with Crippen molar-refractivity contribution < 1.29 is 23.9 Å². The first-order valence-electron chi connectivity index (χ1n) is 8.44. The molecule has 0 aromatic heterocycles. The number of hydrogen-bond acceptors (Lipinski definition) is 5. The molecule has 1 aliphatic heterocycles. The lowest BCUT2D eigenvalue weighted by Crippen LogP contribution is -2.46. The monoisotopic (exact) mass is 359 g/mol. The van der Waals surface area contributed by atoms with Gasteiger partial charge in [-0.2, -0.15) is 0 Å². The summed E-state index contributed by atoms with van der Waals surface area (Å²) in [4.78, 5) is 50.8. The van der Waals surface area contributed by atoms with E-state index in [0.29, 0.717) is 5.69 Å². The molecule has 138 valence electrons. The van der Waals surface area contributed by atoms with Crippen molar-refractivity contribution in [1.82, 2.24) is 10.2 Å². The Balaban J connectivity index is 1.52. The van der Waals surface area contributed by atoms with Crippen LogP contribution in [0.2, 0.25) is 0 Å². The number of imide groups is 1. The highest BCUT2D eigenvalue weighted by atomic mass is 16.5. The van der Waals surface area contributed by atoms with Crippen molar-refractivity contribution in [2.24, 2.45) is 5.92 Å². The summed E-state index contributed by atoms with van der Waals surface area (Å²) >= 11 is 0. The van der Waals surface area contributed by atoms with E-state index in [-0.39, 0.29) is 5.92 Å². The molecule has 1 aliphatic carbocycles. The molecule has 26 heavy (non-hydrogen) atoms. The van der Waals surface area contributed by atoms with E-state index in [0.717, 1.165) is 17.7 Å². The van der Waals surface area contributed by atoms with E-state index in [1.807, 2.05) is 6.07 Å². The van der Waals surface area contributed by atoms with Crippen LogP contribution in [0.25, 0.3) is 0 Å². The highest BCUT2D eigenvalue weighted by Crippen LogP contribution is 2.42. The Morgan fingerprint density at radius 2 is 1.92 bits per heavy atom. The van der Waals surface area contributed by atoms with E-state index in [2.05, 4.69) is 5.32 Å². The summed E-state index contributed by atoms with van der Waals surface area (Å²) in [6.45, 7) is 0.706. The van der Waals surface area contributed by atoms with Crippen molar-refractivity contribution in [3.8, 4) is 0 Å². The third-order valence-electron chi connectivity index (χ3n) is 4.86. The molecular weight excluding hydrogens is 338 g/mol. The van der Waals surface area contributed by atoms with Gasteiger partial charge in [-0.3, -0.25) is 19.3 Å². The molecule has 1 N–H and O–H groups in total. The van der Waals surface area contributed by atoms with E-state index < -0.39 is 42.5 Å². The second-order valence-corrected chi connectivity index (χ2v) is 6.75. The van der Waals surface area contributed by atoms with Crippen LogP contribution < -0.4 is 10.2 Å². The van der Waals surface area contributed by atoms with Crippen LogP contribution in [0.5, 0.6) is 0 Å². The average Bonchev–Trinajstić information content (AvgIpc) is 3.46. The first-order valence-corrected chi connectivity index (χ1v) is 8.44. The second kappa shape index (κ2) is 6.78. The van der Waals surface area contributed by atoms with Crippen LogP contribution >= 0.6 is 0 Å². The summed E-state index contributed by atoms with van der Waals surface area (Å²) < 4.78 is 4.95. The number of hydrogen-bond donors (Lipinski definition) is 1. The first kappa shape index (κ1) is 17.9. The van der Waals surface area contributed by atoms with E-state index in [9.17, 15) is 19.2 Å². The number of rotatable bonds is 6. The molecule has 0 bridgehead atoms. The van der Waals surface area contributed by atoms with Crippen LogP contribution in [0.1, 0.15) is 19.8 Å². The zero-order valence-corrected chi connectivity index (χ0v) is 14.7. The largest absolute Gasteiger partial charge is 0.454 e. The van der Waals surface area contributed by atoms with Gasteiger partial charge in [-0.15, -0.1) is 0 Å². The molecule has 4 amide bonds. The molecule has 1 aromatic rings. The number of ether oxygens (including phenoxy) is 1. The molecule has 2 fully saturated rings. The molecule has 3 rings (SSSR count). The predicted octanol–water partition coefficient (Wildman–Crippen LogP) is 0.913. The van der Waals surface area contributed by atoms with Crippen LogP contribution in [0.15, 0.2) is 30.3 Å². The van der Waals surface area contributed by atoms with Gasteiger partial charge in [0.15, 0.2) is 6.61 Å². The molecule has 0 radical (unpaired) electrons. The van der Waals surface area contributed by atoms with Gasteiger partial charge in [0.25, 0.3) is 11.8 Å². The van der Waals surface area contributed by atoms with Crippen LogP contribution in [-0.2, 0) is 19.1 Å². The maximum atomic E-state index is 12.4. The van der Waals surface area contributed by atoms with Crippen LogP contribution in [0.4, 0.5) is 10.5 Å². The third kappa shape index (κ3) is 3.40. The molecule has 1 heterocycles. The standard InChI is InChI=1S/C18H21N3O5/c1-18(12-8-9-12)16(24)21(17(25)19-18)10-15(23)26-11-14(22)20(2)13-6-4-3-5-7-13/h3-7,12H,8-11H2,1-2H3,(H,19,25)/t18-/m0/s1. The lowest BCUT2D eigenvalue weighted by atomic mass is 9.96. The maximum Gasteiger partial charge on any atom is 0.326 e. The van der Waals surface area contributed by atoms with E-state index in [1.165, 1.54) is 4.90 Å². The Labute approximate surface area is 151 Å². The number of nitrogens with zero attached hydrogens (tertiary/aromatic N) is 2. The number of para-hydroxylation sites is 1. The van der Waals surface area contributed by atoms with Crippen molar-refractivity contribution in [3.05, 3.63) is 30.3 Å². The number of benzene rings is 1. The van der Waals surface area contributed by atoms with Crippen LogP contribution in [0.3, 0.4) is 0 Å². The fraction of sp³-hybridized carbons (Fsp3) is 0.444. The molecule has 2 aliphatic rings. The number of esters is 1. The number of urea groups is 1. The van der Waals surface area contributed by atoms with Crippen molar-refractivity contribution in [2.75, 3.05) is 25.1 Å². The predicted molar refractivity (Wildman–Crippen MR) is 92.2 cm³/mol. The highest BCUT2D eigenvalue weighted by molar-refractivity contribution is 6.09. The van der Waals surface area contributed by atoms with Crippen LogP contribution in [-0.4, -0.2) is 54.5 Å². The molecule has 1 aromatic carbocycles. The number of carbonyl (C=O) groups is 4. The van der Waals surface area contributed by atoms with Gasteiger partial charge >= 0.3 is 12.0 Å². The molecule has 0 unspecified atom stereocenters. The normalized spacial score (nSPS) is 22.2. The van der Waals surface area contributed by atoms with E-state index in [4.69, 9.17) is 4.74 Å². The molecule has 8 heteroatoms. The Morgan fingerprint density at radius 3 is 2.54 bits per heavy atom. The summed E-state index contributed by atoms with van der Waals surface area (Å²) in [5.41, 5.74) is -0.274. The number of amides is 4. The lowest BCUT2D eigenvalue weighted by Gasteiger charge is -2.20. The molecule has 0 spiro atoms. The van der Waals surface area contributed by atoms with Crippen molar-refractivity contribution >= 4 is 29.5 Å². The molecule has 8 nitrogen and oxygen atoms in total. The summed E-state index contributed by atoms with van der Waals surface area (Å²) in [5.74, 6) is -1.52. The van der Waals surface area contributed by atoms with Gasteiger partial charge in [-0.05, 0) is 37.8 Å². The van der Waals surface area contributed by atoms with Crippen molar-refractivity contribution in [3.63, 3.8) is 0 Å². The highest BCUT2D eigenvalue weighted by Gasteiger charge is 2.56. The SMILES string of the molecule is CN(C(=O)COC(=O)CN1C(=O)N[C@@](C)(C2CC2)C1=O)c1ccccc1. The maximum absolute atomic E-state index is 12.4. The lowest BCUT2D eigenvalue weighted by molar-refractivity contribution is -0.150. The van der Waals surface area contributed by atoms with Crippen molar-refractivity contribution in [2.45, 2.75) is 25.3 Å². The van der Waals surface area contributed by atoms with Gasteiger partial charge in [0, 0.05) is 12.7 Å². The fourth-order valence-electron chi connectivity index (χ4n) is 3.01. The Kier molecular flexibility index (Phi) is 4.67. The summed E-state index contributed by atoms with van der Waals surface area (Å²) in [6, 6.07) is 8.32. The Hall–Kier alpha value is -2.90. The second-order valence-electron chi connectivity index (χ2n) is 6.75. The number of likely N-dealkylation sites (N-methyl/N-ethyl adjacent to an activating group) is 1. The first-order chi connectivity index (χ1) is 12.3. The molecular formula is C18H21N3O5. The van der Waals surface area contributed by atoms with Gasteiger partial charge in [-0.1, -0.05) is 18.2 Å². The fourth-order valence-corrected chi connectivity index (χ4v) is 3.01. The topological polar surface area (TPSA) is 96.0 Å². The number of nitrogens with one attached hydrogen (secondary N) is 1. The molecule has 1 saturated heterocycles. The van der Waals surface area contributed by atoms with E-state index >= 15 is 0 Å². The summed E-state index contributed by atoms with van der Waals surface area (Å²) in [5, 5.41) is 2.66. The number of anilines is 1. The molecule has 1 atom stereocenters. The van der Waals surface area contributed by atoms with Crippen molar-refractivity contribution in [1.29, 1.82) is 0 Å². The minimum atomic E-state index is -0.944. The minimum Gasteiger partial charge on any atom is -0.454 e. The van der Waals surface area contributed by atoms with Gasteiger partial charge in [0.1, 0.15) is 12.1 Å². The average molecular weight is 359 g/mol. The van der Waals surface area contributed by atoms with Gasteiger partial charge in [0.2, 0.25) is 0 Å². The third-order valence-corrected chi connectivity index (χ3v) is 4.86. The minimum absolute atomic E-state index is 0.112. The molecule has 1 saturated carbocycles. The Morgan fingerprint density at radius 1 is 1.27 bits per heavy atom. The van der Waals surface area contributed by atoms with Gasteiger partial charge < -0.3 is 15.0 Å². The van der Waals surface area contributed by atoms with E-state index in [1.54, 1.807) is 38.2 Å². The Bertz CT molecular complexity index is 746. The smallest absolute Gasteiger partial charge is 0.326 e. The number of carbonyl (C=O) groups excluding carboxylic acids is 4.